The van der Waals surface area contributed by atoms with E-state index < -0.39 is 0 Å². The lowest BCUT2D eigenvalue weighted by Crippen LogP contribution is -2.11. The lowest BCUT2D eigenvalue weighted by molar-refractivity contribution is 0.102. The summed E-state index contributed by atoms with van der Waals surface area (Å²) in [6.07, 6.45) is 0. The van der Waals surface area contributed by atoms with E-state index in [2.05, 4.69) is 10.6 Å². The number of nitrogens with one attached hydrogen (secondary N) is 2. The van der Waals surface area contributed by atoms with E-state index in [9.17, 15) is 4.79 Å². The molecule has 0 radical (unpaired) electrons. The SMILES string of the molecule is COc1cccc(C(=O)Nc2ccc(Nc3cccc(Cl)c3)cc2)c1. The molecule has 0 aliphatic carbocycles. The van der Waals surface area contributed by atoms with Crippen LogP contribution in [0.2, 0.25) is 5.02 Å². The molecular weight excluding hydrogens is 336 g/mol. The summed E-state index contributed by atoms with van der Waals surface area (Å²) in [5.41, 5.74) is 3.06. The molecule has 0 fully saturated rings. The normalized spacial score (nSPS) is 10.2. The third-order valence-corrected chi connectivity index (χ3v) is 3.82. The first-order valence-electron chi connectivity index (χ1n) is 7.72. The van der Waals surface area contributed by atoms with Crippen LogP contribution in [0, 0.1) is 0 Å². The van der Waals surface area contributed by atoms with Crippen molar-refractivity contribution in [1.82, 2.24) is 0 Å². The summed E-state index contributed by atoms with van der Waals surface area (Å²) in [5, 5.41) is 6.80. The zero-order valence-electron chi connectivity index (χ0n) is 13.6. The zero-order chi connectivity index (χ0) is 17.6. The van der Waals surface area contributed by atoms with Gasteiger partial charge in [-0.05, 0) is 60.7 Å². The summed E-state index contributed by atoms with van der Waals surface area (Å²) in [4.78, 5) is 12.3. The summed E-state index contributed by atoms with van der Waals surface area (Å²) in [7, 11) is 1.57. The number of methoxy groups -OCH3 is 1. The molecular formula is C20H17ClN2O2. The Morgan fingerprint density at radius 3 is 2.32 bits per heavy atom. The number of halogens is 1. The molecule has 0 bridgehead atoms. The molecule has 0 heterocycles. The fraction of sp³-hybridized carbons (Fsp3) is 0.0500. The second-order valence-electron chi connectivity index (χ2n) is 5.40. The van der Waals surface area contributed by atoms with Crippen molar-refractivity contribution in [2.75, 3.05) is 17.7 Å². The Morgan fingerprint density at radius 2 is 1.60 bits per heavy atom. The average molecular weight is 353 g/mol. The van der Waals surface area contributed by atoms with Crippen LogP contribution in [0.5, 0.6) is 5.75 Å². The number of anilines is 3. The van der Waals surface area contributed by atoms with Gasteiger partial charge >= 0.3 is 0 Å². The van der Waals surface area contributed by atoms with Gasteiger partial charge in [-0.1, -0.05) is 23.7 Å². The Kier molecular flexibility index (Phi) is 5.21. The molecule has 126 valence electrons. The second-order valence-corrected chi connectivity index (χ2v) is 5.84. The van der Waals surface area contributed by atoms with Gasteiger partial charge in [0.2, 0.25) is 0 Å². The van der Waals surface area contributed by atoms with Crippen LogP contribution in [0.25, 0.3) is 0 Å². The van der Waals surface area contributed by atoms with E-state index in [1.807, 2.05) is 48.5 Å². The standard InChI is InChI=1S/C20H17ClN2O2/c1-25-19-7-2-4-14(12-19)20(24)23-17-10-8-16(9-11-17)22-18-6-3-5-15(21)13-18/h2-13,22H,1H3,(H,23,24). The summed E-state index contributed by atoms with van der Waals surface area (Å²) in [6, 6.07) is 22.0. The fourth-order valence-electron chi connectivity index (χ4n) is 2.34. The van der Waals surface area contributed by atoms with Gasteiger partial charge in [-0.15, -0.1) is 0 Å². The molecule has 25 heavy (non-hydrogen) atoms. The van der Waals surface area contributed by atoms with Gasteiger partial charge < -0.3 is 15.4 Å². The first kappa shape index (κ1) is 16.9. The van der Waals surface area contributed by atoms with Gasteiger partial charge in [-0.25, -0.2) is 0 Å². The maximum atomic E-state index is 12.3. The number of rotatable bonds is 5. The predicted molar refractivity (Wildman–Crippen MR) is 102 cm³/mol. The van der Waals surface area contributed by atoms with Crippen LogP contribution >= 0.6 is 11.6 Å². The zero-order valence-corrected chi connectivity index (χ0v) is 14.4. The molecule has 3 aromatic rings. The van der Waals surface area contributed by atoms with Crippen molar-refractivity contribution in [1.29, 1.82) is 0 Å². The van der Waals surface area contributed by atoms with Gasteiger partial charge in [0.05, 0.1) is 7.11 Å². The highest BCUT2D eigenvalue weighted by molar-refractivity contribution is 6.30. The molecule has 0 aliphatic rings. The average Bonchev–Trinajstić information content (AvgIpc) is 2.63. The van der Waals surface area contributed by atoms with Crippen molar-refractivity contribution in [3.05, 3.63) is 83.4 Å². The predicted octanol–water partition coefficient (Wildman–Crippen LogP) is 5.34. The first-order valence-corrected chi connectivity index (χ1v) is 8.10. The van der Waals surface area contributed by atoms with Gasteiger partial charge in [-0.3, -0.25) is 4.79 Å². The van der Waals surface area contributed by atoms with Gasteiger partial charge in [0.25, 0.3) is 5.91 Å². The van der Waals surface area contributed by atoms with Gasteiger partial charge in [-0.2, -0.15) is 0 Å². The summed E-state index contributed by atoms with van der Waals surface area (Å²) in [5.74, 6) is 0.461. The lowest BCUT2D eigenvalue weighted by Gasteiger charge is -2.09. The highest BCUT2D eigenvalue weighted by Gasteiger charge is 2.07. The van der Waals surface area contributed by atoms with Crippen molar-refractivity contribution in [2.45, 2.75) is 0 Å². The maximum absolute atomic E-state index is 12.3. The molecule has 4 nitrogen and oxygen atoms in total. The van der Waals surface area contributed by atoms with Gasteiger partial charge in [0, 0.05) is 27.6 Å². The molecule has 1 amide bonds. The molecule has 0 aliphatic heterocycles. The van der Waals surface area contributed by atoms with Crippen LogP contribution in [0.4, 0.5) is 17.1 Å². The summed E-state index contributed by atoms with van der Waals surface area (Å²) >= 11 is 5.98. The van der Waals surface area contributed by atoms with Crippen molar-refractivity contribution < 1.29 is 9.53 Å². The molecule has 0 atom stereocenters. The third kappa shape index (κ3) is 4.52. The van der Waals surface area contributed by atoms with Crippen molar-refractivity contribution in [2.24, 2.45) is 0 Å². The monoisotopic (exact) mass is 352 g/mol. The number of hydrogen-bond acceptors (Lipinski definition) is 3. The van der Waals surface area contributed by atoms with E-state index in [0.29, 0.717) is 22.0 Å². The Balaban J connectivity index is 1.66. The third-order valence-electron chi connectivity index (χ3n) is 3.59. The fourth-order valence-corrected chi connectivity index (χ4v) is 2.53. The Bertz CT molecular complexity index is 879. The second kappa shape index (κ2) is 7.73. The maximum Gasteiger partial charge on any atom is 0.255 e. The van der Waals surface area contributed by atoms with Crippen LogP contribution in [-0.4, -0.2) is 13.0 Å². The molecule has 0 saturated carbocycles. The van der Waals surface area contributed by atoms with E-state index in [1.165, 1.54) is 0 Å². The highest BCUT2D eigenvalue weighted by Crippen LogP contribution is 2.22. The number of hydrogen-bond donors (Lipinski definition) is 2. The minimum atomic E-state index is -0.186. The molecule has 0 aromatic heterocycles. The molecule has 5 heteroatoms. The minimum absolute atomic E-state index is 0.186. The van der Waals surface area contributed by atoms with Gasteiger partial charge in [0.1, 0.15) is 5.75 Å². The Hall–Kier alpha value is -2.98. The van der Waals surface area contributed by atoms with Crippen LogP contribution in [0.15, 0.2) is 72.8 Å². The molecule has 0 unspecified atom stereocenters. The molecule has 0 saturated heterocycles. The van der Waals surface area contributed by atoms with Crippen molar-refractivity contribution in [3.63, 3.8) is 0 Å². The van der Waals surface area contributed by atoms with Crippen LogP contribution in [0.1, 0.15) is 10.4 Å². The van der Waals surface area contributed by atoms with E-state index in [4.69, 9.17) is 16.3 Å². The number of carbonyl (C=O) groups is 1. The molecule has 3 rings (SSSR count). The Morgan fingerprint density at radius 1 is 0.880 bits per heavy atom. The highest BCUT2D eigenvalue weighted by atomic mass is 35.5. The number of carbonyl (C=O) groups excluding carboxylic acids is 1. The quantitative estimate of drug-likeness (QED) is 0.651. The number of ether oxygens (including phenoxy) is 1. The van der Waals surface area contributed by atoms with Crippen molar-refractivity contribution >= 4 is 34.6 Å². The lowest BCUT2D eigenvalue weighted by atomic mass is 10.2. The van der Waals surface area contributed by atoms with E-state index in [0.717, 1.165) is 11.4 Å². The topological polar surface area (TPSA) is 50.4 Å². The first-order chi connectivity index (χ1) is 12.1. The Labute approximate surface area is 151 Å². The number of benzene rings is 3. The smallest absolute Gasteiger partial charge is 0.255 e. The molecule has 0 spiro atoms. The van der Waals surface area contributed by atoms with Crippen LogP contribution < -0.4 is 15.4 Å². The van der Waals surface area contributed by atoms with E-state index >= 15 is 0 Å². The van der Waals surface area contributed by atoms with Gasteiger partial charge in [0.15, 0.2) is 0 Å². The van der Waals surface area contributed by atoms with E-state index in [1.54, 1.807) is 31.4 Å². The van der Waals surface area contributed by atoms with Crippen LogP contribution in [0.3, 0.4) is 0 Å². The van der Waals surface area contributed by atoms with Crippen LogP contribution in [-0.2, 0) is 0 Å². The largest absolute Gasteiger partial charge is 0.497 e. The summed E-state index contributed by atoms with van der Waals surface area (Å²) in [6.45, 7) is 0. The molecule has 3 aromatic carbocycles. The summed E-state index contributed by atoms with van der Waals surface area (Å²) < 4.78 is 5.14. The van der Waals surface area contributed by atoms with Crippen molar-refractivity contribution in [3.8, 4) is 5.75 Å². The minimum Gasteiger partial charge on any atom is -0.497 e. The van der Waals surface area contributed by atoms with E-state index in [-0.39, 0.29) is 5.91 Å². The molecule has 2 N–H and O–H groups in total. The number of amides is 1.